The van der Waals surface area contributed by atoms with Gasteiger partial charge in [-0.25, -0.2) is 28.9 Å². The predicted octanol–water partition coefficient (Wildman–Crippen LogP) is 7.70. The number of ether oxygens (including phenoxy) is 3. The number of nitrogens with zero attached hydrogens (tertiary/aromatic N) is 10. The third kappa shape index (κ3) is 11.6. The average Bonchev–Trinajstić information content (AvgIpc) is 4.05. The van der Waals surface area contributed by atoms with Gasteiger partial charge in [0, 0.05) is 97.0 Å². The maximum Gasteiger partial charge on any atom is 0.435 e. The lowest BCUT2D eigenvalue weighted by molar-refractivity contribution is -0.142. The fraction of sp³-hybridized carbons (Fsp3) is 0.191. The lowest BCUT2D eigenvalue weighted by Crippen LogP contribution is -2.25. The van der Waals surface area contributed by atoms with E-state index < -0.39 is 52.4 Å². The Morgan fingerprint density at radius 1 is 0.616 bits per heavy atom. The van der Waals surface area contributed by atoms with Crippen molar-refractivity contribution >= 4 is 35.2 Å². The lowest BCUT2D eigenvalue weighted by Gasteiger charge is -2.14. The largest absolute Gasteiger partial charge is 0.497 e. The van der Waals surface area contributed by atoms with Gasteiger partial charge in [-0.1, -0.05) is 0 Å². The van der Waals surface area contributed by atoms with E-state index in [1.54, 1.807) is 18.2 Å². The number of carbonyl (C=O) groups excluding carboxylic acids is 1. The quantitative estimate of drug-likeness (QED) is 0.0785. The van der Waals surface area contributed by atoms with Gasteiger partial charge in [-0.3, -0.25) is 9.59 Å². The van der Waals surface area contributed by atoms with Gasteiger partial charge in [0.15, 0.2) is 23.0 Å². The van der Waals surface area contributed by atoms with E-state index in [4.69, 9.17) is 9.47 Å². The minimum absolute atomic E-state index is 0.0258. The third-order valence-corrected chi connectivity index (χ3v) is 10.4. The van der Waals surface area contributed by atoms with Crippen molar-refractivity contribution in [3.63, 3.8) is 0 Å². The van der Waals surface area contributed by atoms with Crippen LogP contribution in [0.4, 0.5) is 49.6 Å². The number of carbonyl (C=O) groups is 2. The van der Waals surface area contributed by atoms with Crippen LogP contribution in [0.5, 0.6) is 11.5 Å². The molecule has 0 saturated carbocycles. The van der Waals surface area contributed by atoms with E-state index in [1.165, 1.54) is 59.2 Å². The number of anilines is 4. The molecular formula is C47H40F6N12O8. The minimum atomic E-state index is -4.69. The number of benzene rings is 2. The van der Waals surface area contributed by atoms with E-state index in [-0.39, 0.29) is 51.3 Å². The summed E-state index contributed by atoms with van der Waals surface area (Å²) < 4.78 is 98.8. The SMILES string of the molecule is COC(=O)c1cc(-c2cnc(Nc3cc(C)cc(OC)c3)nc2-n2ccc(C(F)(F)F)n2)cn(C)c1=O.COc1cc(C)cc(Nc2ncc(-c3cc(C(=O)O)c(=O)n(C)c3)c(-n3ccc(C(F)(F)F)n3)n2)c1. The molecule has 0 aliphatic heterocycles. The molecule has 8 aromatic rings. The molecule has 8 rings (SSSR count). The van der Waals surface area contributed by atoms with Gasteiger partial charge in [-0.05, 0) is 73.5 Å². The molecule has 6 heterocycles. The van der Waals surface area contributed by atoms with Gasteiger partial charge in [0.05, 0.1) is 21.3 Å². The van der Waals surface area contributed by atoms with Crippen molar-refractivity contribution in [2.45, 2.75) is 26.2 Å². The van der Waals surface area contributed by atoms with Crippen LogP contribution in [0.3, 0.4) is 0 Å². The number of carboxylic acid groups (broad SMARTS) is 1. The van der Waals surface area contributed by atoms with Crippen molar-refractivity contribution in [3.05, 3.63) is 152 Å². The zero-order valence-corrected chi connectivity index (χ0v) is 39.3. The van der Waals surface area contributed by atoms with Crippen LogP contribution in [0.25, 0.3) is 33.9 Å². The number of rotatable bonds is 12. The maximum atomic E-state index is 13.3. The van der Waals surface area contributed by atoms with E-state index in [0.29, 0.717) is 22.9 Å². The van der Waals surface area contributed by atoms with Crippen molar-refractivity contribution in [1.82, 2.24) is 48.6 Å². The first-order valence-electron chi connectivity index (χ1n) is 21.1. The van der Waals surface area contributed by atoms with Crippen molar-refractivity contribution in [2.24, 2.45) is 14.1 Å². The number of aryl methyl sites for hydroxylation is 4. The van der Waals surface area contributed by atoms with E-state index >= 15 is 0 Å². The van der Waals surface area contributed by atoms with Crippen LogP contribution in [-0.2, 0) is 31.2 Å². The van der Waals surface area contributed by atoms with Gasteiger partial charge in [0.2, 0.25) is 11.9 Å². The Labute approximate surface area is 408 Å². The third-order valence-electron chi connectivity index (χ3n) is 10.4. The summed E-state index contributed by atoms with van der Waals surface area (Å²) in [5.74, 6) is -1.16. The molecule has 0 aliphatic rings. The standard InChI is InChI=1S/C24H21F3N6O4.C23H19F3N6O4/c1-13-7-15(10-16(8-13)36-3)29-23-28-11-18(14-9-17(22(35)37-4)21(34)32(2)12-14)20(30-23)33-6-5-19(31-33)24(25,26)27;1-12-6-14(9-15(7-12)36-3)28-22-27-10-17(13-8-16(21(34)35)20(33)31(2)11-13)19(29-22)32-5-4-18(30-32)23(24,25)26/h5-12H,1-4H3,(H,28,29,30);4-11H,1-3H3,(H,34,35)(H,27,28,29). The predicted molar refractivity (Wildman–Crippen MR) is 250 cm³/mol. The van der Waals surface area contributed by atoms with Crippen LogP contribution in [0, 0.1) is 13.8 Å². The molecule has 26 heteroatoms. The summed E-state index contributed by atoms with van der Waals surface area (Å²) in [5.41, 5.74) is -0.651. The summed E-state index contributed by atoms with van der Waals surface area (Å²) in [5, 5.41) is 22.6. The Morgan fingerprint density at radius 3 is 1.40 bits per heavy atom. The van der Waals surface area contributed by atoms with Gasteiger partial charge in [-0.15, -0.1) is 0 Å². The highest BCUT2D eigenvalue weighted by molar-refractivity contribution is 5.91. The second-order valence-corrected chi connectivity index (χ2v) is 15.8. The number of carboxylic acids is 1. The molecule has 6 aromatic heterocycles. The van der Waals surface area contributed by atoms with Gasteiger partial charge in [-0.2, -0.15) is 46.5 Å². The highest BCUT2D eigenvalue weighted by Crippen LogP contribution is 2.33. The maximum absolute atomic E-state index is 13.3. The number of aromatic carboxylic acids is 1. The van der Waals surface area contributed by atoms with Crippen molar-refractivity contribution in [2.75, 3.05) is 32.0 Å². The molecule has 0 aliphatic carbocycles. The molecule has 378 valence electrons. The van der Waals surface area contributed by atoms with Crippen LogP contribution < -0.4 is 31.2 Å². The number of pyridine rings is 2. The van der Waals surface area contributed by atoms with Crippen LogP contribution in [-0.4, -0.2) is 87.0 Å². The number of methoxy groups -OCH3 is 3. The molecule has 20 nitrogen and oxygen atoms in total. The normalized spacial score (nSPS) is 11.4. The van der Waals surface area contributed by atoms with Crippen molar-refractivity contribution in [3.8, 4) is 45.4 Å². The summed E-state index contributed by atoms with van der Waals surface area (Å²) in [7, 11) is 6.95. The summed E-state index contributed by atoms with van der Waals surface area (Å²) in [6.45, 7) is 3.72. The highest BCUT2D eigenvalue weighted by atomic mass is 19.4. The number of nitrogens with one attached hydrogen (secondary N) is 2. The Morgan fingerprint density at radius 2 is 1.03 bits per heavy atom. The number of hydrogen-bond acceptors (Lipinski definition) is 15. The molecule has 0 fully saturated rings. The van der Waals surface area contributed by atoms with Gasteiger partial charge >= 0.3 is 24.3 Å². The summed E-state index contributed by atoms with van der Waals surface area (Å²) in [6.07, 6.45) is -1.78. The number of hydrogen-bond donors (Lipinski definition) is 3. The number of esters is 1. The number of halogens is 6. The Balaban J connectivity index is 0.000000214. The zero-order chi connectivity index (χ0) is 53.1. The van der Waals surface area contributed by atoms with E-state index in [1.807, 2.05) is 32.0 Å². The van der Waals surface area contributed by atoms with E-state index in [0.717, 1.165) is 67.3 Å². The molecule has 0 unspecified atom stereocenters. The van der Waals surface area contributed by atoms with Crippen molar-refractivity contribution < 1.29 is 55.2 Å². The Bertz CT molecular complexity index is 3530. The van der Waals surface area contributed by atoms with E-state index in [2.05, 4.69) is 45.5 Å². The first-order chi connectivity index (χ1) is 34.4. The van der Waals surface area contributed by atoms with Crippen LogP contribution in [0.2, 0.25) is 0 Å². The smallest absolute Gasteiger partial charge is 0.435 e. The molecule has 73 heavy (non-hydrogen) atoms. The molecule has 3 N–H and O–H groups in total. The summed E-state index contributed by atoms with van der Waals surface area (Å²) in [4.78, 5) is 65.6. The molecule has 0 atom stereocenters. The monoisotopic (exact) mass is 1010 g/mol. The highest BCUT2D eigenvalue weighted by Gasteiger charge is 2.35. The van der Waals surface area contributed by atoms with Crippen LogP contribution >= 0.6 is 0 Å². The molecule has 0 saturated heterocycles. The number of aromatic nitrogens is 10. The summed E-state index contributed by atoms with van der Waals surface area (Å²) >= 11 is 0. The van der Waals surface area contributed by atoms with Gasteiger partial charge in [0.25, 0.3) is 11.1 Å². The van der Waals surface area contributed by atoms with Crippen molar-refractivity contribution in [1.29, 1.82) is 0 Å². The fourth-order valence-electron chi connectivity index (χ4n) is 7.07. The average molecular weight is 1010 g/mol. The second kappa shape index (κ2) is 20.5. The molecule has 2 aromatic carbocycles. The van der Waals surface area contributed by atoms with Crippen LogP contribution in [0.1, 0.15) is 43.2 Å². The minimum Gasteiger partial charge on any atom is -0.497 e. The van der Waals surface area contributed by atoms with Gasteiger partial charge in [0.1, 0.15) is 22.6 Å². The molecule has 0 radical (unpaired) electrons. The molecular weight excluding hydrogens is 975 g/mol. The lowest BCUT2D eigenvalue weighted by atomic mass is 10.1. The molecule has 0 amide bonds. The second-order valence-electron chi connectivity index (χ2n) is 15.8. The first kappa shape index (κ1) is 51.5. The summed E-state index contributed by atoms with van der Waals surface area (Å²) in [6, 6.07) is 14.6. The topological polar surface area (TPSA) is 237 Å². The molecule has 0 spiro atoms. The van der Waals surface area contributed by atoms with E-state index in [9.17, 15) is 50.6 Å². The van der Waals surface area contributed by atoms with Gasteiger partial charge < -0.3 is 39.1 Å². The first-order valence-corrected chi connectivity index (χ1v) is 21.1. The Hall–Kier alpha value is -9.36. The van der Waals surface area contributed by atoms with Crippen LogP contribution in [0.15, 0.2) is 107 Å². The molecule has 0 bridgehead atoms. The zero-order valence-electron chi connectivity index (χ0n) is 39.3. The number of alkyl halides is 6. The fourth-order valence-corrected chi connectivity index (χ4v) is 7.07. The Kier molecular flexibility index (Phi) is 14.5.